The number of benzene rings is 1. The zero-order chi connectivity index (χ0) is 30.1. The van der Waals surface area contributed by atoms with Crippen molar-refractivity contribution < 1.29 is 32.4 Å². The number of esters is 2. The number of nitro benzene ring substituents is 1. The van der Waals surface area contributed by atoms with E-state index in [0.717, 1.165) is 6.26 Å². The largest absolute Gasteiger partial charge is 0.457 e. The molecule has 5 heterocycles. The summed E-state index contributed by atoms with van der Waals surface area (Å²) in [6, 6.07) is 5.97. The van der Waals surface area contributed by atoms with E-state index in [1.807, 2.05) is 4.90 Å². The van der Waals surface area contributed by atoms with Gasteiger partial charge in [-0.1, -0.05) is 6.92 Å². The number of carbonyl (C=O) groups excluding carboxylic acids is 2. The van der Waals surface area contributed by atoms with E-state index in [1.54, 1.807) is 13.0 Å². The highest BCUT2D eigenvalue weighted by Gasteiger charge is 2.50. The van der Waals surface area contributed by atoms with Crippen molar-refractivity contribution in [1.29, 1.82) is 0 Å². The molecule has 0 saturated carbocycles. The molecule has 6 rings (SSSR count). The summed E-state index contributed by atoms with van der Waals surface area (Å²) in [6.07, 6.45) is 1.19. The number of carbonyl (C=O) groups is 2. The first-order valence-electron chi connectivity index (χ1n) is 13.3. The highest BCUT2D eigenvalue weighted by atomic mass is 32.2. The molecular weight excluding hydrogens is 570 g/mol. The molecule has 3 aliphatic rings. The second kappa shape index (κ2) is 9.59. The monoisotopic (exact) mass is 597 g/mol. The predicted octanol–water partition coefficient (Wildman–Crippen LogP) is 1.64. The molecule has 14 nitrogen and oxygen atoms in total. The number of pyridine rings is 2. The number of hydrogen-bond donors (Lipinski definition) is 0. The molecule has 3 aromatic rings. The number of nitrogens with zero attached hydrogens (tertiary/aromatic N) is 5. The minimum atomic E-state index is -3.40. The van der Waals surface area contributed by atoms with E-state index in [9.17, 15) is 32.9 Å². The number of nitro groups is 1. The van der Waals surface area contributed by atoms with Crippen LogP contribution < -0.4 is 10.5 Å². The van der Waals surface area contributed by atoms with Gasteiger partial charge in [-0.2, -0.15) is 4.31 Å². The van der Waals surface area contributed by atoms with Crippen LogP contribution in [0, 0.1) is 10.1 Å². The van der Waals surface area contributed by atoms with Gasteiger partial charge in [0, 0.05) is 61.7 Å². The molecule has 0 N–H and O–H groups in total. The van der Waals surface area contributed by atoms with Crippen molar-refractivity contribution in [2.75, 3.05) is 37.3 Å². The Morgan fingerprint density at radius 2 is 1.88 bits per heavy atom. The SMILES string of the molecule is CC[C@@]1(OC(C)=O)C(=O)OCc2c1cc1n(c2=O)Cc2c-1nc1ccc([N+](=O)[O-])cc1c2N1CCN(S(C)(=O)=O)CC1. The fourth-order valence-electron chi connectivity index (χ4n) is 6.17. The molecule has 15 heteroatoms. The number of fused-ring (bicyclic) bond motifs is 5. The van der Waals surface area contributed by atoms with Crippen LogP contribution in [0.4, 0.5) is 11.4 Å². The van der Waals surface area contributed by atoms with E-state index in [2.05, 4.69) is 0 Å². The summed E-state index contributed by atoms with van der Waals surface area (Å²) in [6.45, 7) is 3.71. The summed E-state index contributed by atoms with van der Waals surface area (Å²) >= 11 is 0. The van der Waals surface area contributed by atoms with E-state index < -0.39 is 38.0 Å². The fraction of sp³-hybridized carbons (Fsp3) is 0.407. The Morgan fingerprint density at radius 3 is 2.50 bits per heavy atom. The predicted molar refractivity (Wildman–Crippen MR) is 149 cm³/mol. The first kappa shape index (κ1) is 27.8. The fourth-order valence-corrected chi connectivity index (χ4v) is 6.99. The molecule has 0 amide bonds. The maximum Gasteiger partial charge on any atom is 0.355 e. The van der Waals surface area contributed by atoms with Crippen molar-refractivity contribution >= 4 is 44.2 Å². The molecule has 0 aliphatic carbocycles. The van der Waals surface area contributed by atoms with Crippen molar-refractivity contribution in [3.63, 3.8) is 0 Å². The van der Waals surface area contributed by atoms with Gasteiger partial charge in [0.15, 0.2) is 0 Å². The zero-order valence-electron chi connectivity index (χ0n) is 23.1. The molecule has 42 heavy (non-hydrogen) atoms. The second-order valence-electron chi connectivity index (χ2n) is 10.6. The Bertz CT molecular complexity index is 1880. The number of piperazine rings is 1. The zero-order valence-corrected chi connectivity index (χ0v) is 23.9. The molecule has 0 spiro atoms. The number of ether oxygens (including phenoxy) is 2. The number of rotatable bonds is 5. The van der Waals surface area contributed by atoms with Gasteiger partial charge >= 0.3 is 11.9 Å². The Balaban J connectivity index is 1.58. The molecular formula is C27H27N5O9S. The van der Waals surface area contributed by atoms with Crippen molar-refractivity contribution in [2.45, 2.75) is 39.0 Å². The van der Waals surface area contributed by atoms with Gasteiger partial charge in [-0.25, -0.2) is 18.2 Å². The van der Waals surface area contributed by atoms with E-state index in [1.165, 1.54) is 34.0 Å². The summed E-state index contributed by atoms with van der Waals surface area (Å²) in [5, 5.41) is 12.2. The third-order valence-corrected chi connectivity index (χ3v) is 9.46. The van der Waals surface area contributed by atoms with Crippen LogP contribution in [-0.2, 0) is 47.8 Å². The molecule has 220 valence electrons. The van der Waals surface area contributed by atoms with Gasteiger partial charge in [-0.05, 0) is 18.6 Å². The van der Waals surface area contributed by atoms with Crippen LogP contribution in [0.5, 0.6) is 0 Å². The summed E-state index contributed by atoms with van der Waals surface area (Å²) in [7, 11) is -3.40. The highest BCUT2D eigenvalue weighted by molar-refractivity contribution is 7.88. The van der Waals surface area contributed by atoms with Gasteiger partial charge in [-0.15, -0.1) is 0 Å². The Hall–Kier alpha value is -4.37. The van der Waals surface area contributed by atoms with Crippen LogP contribution in [0.15, 0.2) is 29.1 Å². The molecule has 1 saturated heterocycles. The summed E-state index contributed by atoms with van der Waals surface area (Å²) in [5.41, 5.74) is 0.646. The lowest BCUT2D eigenvalue weighted by atomic mass is 9.85. The van der Waals surface area contributed by atoms with Crippen LogP contribution in [0.2, 0.25) is 0 Å². The van der Waals surface area contributed by atoms with E-state index in [-0.39, 0.29) is 49.5 Å². The van der Waals surface area contributed by atoms with Gasteiger partial charge in [0.2, 0.25) is 15.6 Å². The Morgan fingerprint density at radius 1 is 1.17 bits per heavy atom. The number of aromatic nitrogens is 2. The number of sulfonamides is 1. The number of cyclic esters (lactones) is 1. The van der Waals surface area contributed by atoms with E-state index in [4.69, 9.17) is 14.5 Å². The van der Waals surface area contributed by atoms with Crippen molar-refractivity contribution in [3.8, 4) is 11.4 Å². The van der Waals surface area contributed by atoms with Gasteiger partial charge < -0.3 is 18.9 Å². The standard InChI is InChI=1S/C27H27N5O9S/c1-4-27(41-15(2)33)20-12-22-23-18(13-31(22)25(34)19(20)14-40-26(27)35)24(29-7-9-30(10-8-29)42(3,38)39)17-11-16(32(36)37)5-6-21(17)28-23/h5-6,11-12H,4,7-10,13-14H2,1-3H3/t27-/m0/s1. The number of hydrogen-bond acceptors (Lipinski definition) is 11. The Labute approximate surface area is 239 Å². The van der Waals surface area contributed by atoms with Crippen LogP contribution in [0.3, 0.4) is 0 Å². The van der Waals surface area contributed by atoms with Crippen molar-refractivity contribution in [1.82, 2.24) is 13.9 Å². The van der Waals surface area contributed by atoms with Gasteiger partial charge in [-0.3, -0.25) is 19.7 Å². The molecule has 0 radical (unpaired) electrons. The third kappa shape index (κ3) is 4.14. The molecule has 1 fully saturated rings. The summed E-state index contributed by atoms with van der Waals surface area (Å²) in [5.74, 6) is -1.47. The number of non-ortho nitro benzene ring substituents is 1. The van der Waals surface area contributed by atoms with Crippen molar-refractivity contribution in [3.05, 3.63) is 61.4 Å². The maximum absolute atomic E-state index is 13.9. The summed E-state index contributed by atoms with van der Waals surface area (Å²) in [4.78, 5) is 56.9. The van der Waals surface area contributed by atoms with Crippen LogP contribution in [0.1, 0.15) is 37.0 Å². The highest BCUT2D eigenvalue weighted by Crippen LogP contribution is 2.45. The van der Waals surface area contributed by atoms with Crippen LogP contribution in [-0.4, -0.2) is 71.6 Å². The second-order valence-corrected chi connectivity index (χ2v) is 12.5. The lowest BCUT2D eigenvalue weighted by Gasteiger charge is -2.36. The van der Waals surface area contributed by atoms with Crippen LogP contribution in [0.25, 0.3) is 22.3 Å². The number of anilines is 1. The van der Waals surface area contributed by atoms with Gasteiger partial charge in [0.05, 0.1) is 45.9 Å². The smallest absolute Gasteiger partial charge is 0.355 e. The normalized spacial score (nSPS) is 20.1. The van der Waals surface area contributed by atoms with Crippen molar-refractivity contribution in [2.24, 2.45) is 0 Å². The average Bonchev–Trinajstić information content (AvgIpc) is 3.31. The van der Waals surface area contributed by atoms with E-state index in [0.29, 0.717) is 46.6 Å². The first-order chi connectivity index (χ1) is 19.9. The van der Waals surface area contributed by atoms with Gasteiger partial charge in [0.25, 0.3) is 11.2 Å². The van der Waals surface area contributed by atoms with Gasteiger partial charge in [0.1, 0.15) is 6.61 Å². The lowest BCUT2D eigenvalue weighted by Crippen LogP contribution is -2.48. The molecule has 2 aromatic heterocycles. The first-order valence-corrected chi connectivity index (χ1v) is 15.2. The van der Waals surface area contributed by atoms with Crippen LogP contribution >= 0.6 is 0 Å². The minimum absolute atomic E-state index is 0.0405. The minimum Gasteiger partial charge on any atom is -0.457 e. The lowest BCUT2D eigenvalue weighted by molar-refractivity contribution is -0.384. The Kier molecular flexibility index (Phi) is 6.34. The topological polar surface area (TPSA) is 171 Å². The van der Waals surface area contributed by atoms with E-state index >= 15 is 0 Å². The molecule has 0 bridgehead atoms. The summed E-state index contributed by atoms with van der Waals surface area (Å²) < 4.78 is 38.0. The molecule has 3 aliphatic heterocycles. The molecule has 1 aromatic carbocycles. The molecule has 0 unspecified atom stereocenters. The maximum atomic E-state index is 13.9. The molecule has 1 atom stereocenters. The third-order valence-electron chi connectivity index (χ3n) is 8.16. The average molecular weight is 598 g/mol. The quantitative estimate of drug-likeness (QED) is 0.186.